The van der Waals surface area contributed by atoms with E-state index in [9.17, 15) is 9.18 Å². The van der Waals surface area contributed by atoms with Crippen LogP contribution >= 0.6 is 11.6 Å². The van der Waals surface area contributed by atoms with Crippen molar-refractivity contribution in [2.45, 2.75) is 13.0 Å². The topological polar surface area (TPSA) is 71.8 Å². The Morgan fingerprint density at radius 1 is 1.03 bits per heavy atom. The molecular weight excluding hydrogens is 441 g/mol. The fourth-order valence-corrected chi connectivity index (χ4v) is 3.75. The number of carbonyl (C=O) groups is 1. The van der Waals surface area contributed by atoms with Gasteiger partial charge in [-0.3, -0.25) is 10.1 Å². The van der Waals surface area contributed by atoms with Gasteiger partial charge in [-0.1, -0.05) is 53.6 Å². The van der Waals surface area contributed by atoms with E-state index in [1.807, 2.05) is 55.5 Å². The van der Waals surface area contributed by atoms with E-state index in [1.54, 1.807) is 4.68 Å². The second-order valence-corrected chi connectivity index (χ2v) is 8.17. The molecule has 2 heterocycles. The second kappa shape index (κ2) is 8.52. The molecule has 8 heteroatoms. The maximum Gasteiger partial charge on any atom is 0.258 e. The van der Waals surface area contributed by atoms with Crippen LogP contribution in [-0.2, 0) is 0 Å². The molecule has 3 aromatic carbocycles. The average molecular weight is 460 g/mol. The van der Waals surface area contributed by atoms with Crippen LogP contribution in [0.4, 0.5) is 16.3 Å². The second-order valence-electron chi connectivity index (χ2n) is 7.73. The van der Waals surface area contributed by atoms with E-state index >= 15 is 0 Å². The minimum atomic E-state index is -0.423. The number of fused-ring (bicyclic) bond motifs is 1. The molecule has 5 rings (SSSR count). The van der Waals surface area contributed by atoms with Gasteiger partial charge in [-0.2, -0.15) is 4.98 Å². The highest BCUT2D eigenvalue weighted by atomic mass is 35.5. The summed E-state index contributed by atoms with van der Waals surface area (Å²) in [7, 11) is 0. The third-order valence-electron chi connectivity index (χ3n) is 5.37. The SMILES string of the molecule is Cc1ccc(C2=C[C@H](c3ccc(Cl)cc3)n3nc(NC(=O)c4ccc(F)cc4)nc3N2)cc1. The zero-order valence-electron chi connectivity index (χ0n) is 17.6. The van der Waals surface area contributed by atoms with Crippen molar-refractivity contribution in [3.8, 4) is 0 Å². The molecule has 0 saturated carbocycles. The van der Waals surface area contributed by atoms with Crippen LogP contribution in [0.15, 0.2) is 78.9 Å². The summed E-state index contributed by atoms with van der Waals surface area (Å²) in [6, 6.07) is 20.7. The van der Waals surface area contributed by atoms with E-state index in [1.165, 1.54) is 29.8 Å². The number of nitrogens with zero attached hydrogens (tertiary/aromatic N) is 3. The molecule has 4 aromatic rings. The van der Waals surface area contributed by atoms with Crippen LogP contribution in [0.25, 0.3) is 5.70 Å². The lowest BCUT2D eigenvalue weighted by molar-refractivity contribution is 0.102. The average Bonchev–Trinajstić information content (AvgIpc) is 3.22. The number of rotatable bonds is 4. The van der Waals surface area contributed by atoms with Crippen LogP contribution in [0, 0.1) is 12.7 Å². The maximum absolute atomic E-state index is 13.2. The van der Waals surface area contributed by atoms with E-state index < -0.39 is 11.7 Å². The smallest absolute Gasteiger partial charge is 0.258 e. The standard InChI is InChI=1S/C25H19ClFN5O/c1-15-2-4-16(5-3-15)21-14-22(17-6-10-19(26)11-7-17)32-25(28-21)30-24(31-32)29-23(33)18-8-12-20(27)13-9-18/h2-14,22H,1H3,(H2,28,29,30,31,33)/t22-/m1/s1. The van der Waals surface area contributed by atoms with Gasteiger partial charge in [-0.15, -0.1) is 5.10 Å². The van der Waals surface area contributed by atoms with Gasteiger partial charge in [-0.05, 0) is 60.5 Å². The molecule has 0 unspecified atom stereocenters. The Morgan fingerprint density at radius 3 is 2.42 bits per heavy atom. The zero-order chi connectivity index (χ0) is 22.9. The Bertz CT molecular complexity index is 1350. The number of benzene rings is 3. The Hall–Kier alpha value is -3.97. The summed E-state index contributed by atoms with van der Waals surface area (Å²) in [4.78, 5) is 17.1. The van der Waals surface area contributed by atoms with Crippen molar-refractivity contribution in [1.29, 1.82) is 0 Å². The third kappa shape index (κ3) is 4.36. The summed E-state index contributed by atoms with van der Waals surface area (Å²) in [6.45, 7) is 2.04. The van der Waals surface area contributed by atoms with Crippen molar-refractivity contribution in [3.63, 3.8) is 0 Å². The van der Waals surface area contributed by atoms with Crippen LogP contribution in [0.1, 0.15) is 33.1 Å². The normalized spacial score (nSPS) is 14.8. The van der Waals surface area contributed by atoms with E-state index in [4.69, 9.17) is 11.6 Å². The molecule has 0 radical (unpaired) electrons. The number of amides is 1. The number of aryl methyl sites for hydroxylation is 1. The highest BCUT2D eigenvalue weighted by molar-refractivity contribution is 6.30. The van der Waals surface area contributed by atoms with Crippen LogP contribution in [-0.4, -0.2) is 20.7 Å². The summed E-state index contributed by atoms with van der Waals surface area (Å²) in [5.41, 5.74) is 4.33. The molecule has 1 aromatic heterocycles. The molecule has 6 nitrogen and oxygen atoms in total. The fraction of sp³-hybridized carbons (Fsp3) is 0.0800. The quantitative estimate of drug-likeness (QED) is 0.411. The van der Waals surface area contributed by atoms with Crippen molar-refractivity contribution >= 4 is 35.1 Å². The van der Waals surface area contributed by atoms with Crippen molar-refractivity contribution in [3.05, 3.63) is 112 Å². The van der Waals surface area contributed by atoms with Crippen molar-refractivity contribution < 1.29 is 9.18 Å². The largest absolute Gasteiger partial charge is 0.324 e. The molecule has 164 valence electrons. The number of nitrogens with one attached hydrogen (secondary N) is 2. The molecule has 1 aliphatic heterocycles. The van der Waals surface area contributed by atoms with Gasteiger partial charge in [0, 0.05) is 16.3 Å². The van der Waals surface area contributed by atoms with Crippen molar-refractivity contribution in [1.82, 2.24) is 14.8 Å². The Balaban J connectivity index is 1.50. The summed E-state index contributed by atoms with van der Waals surface area (Å²) < 4.78 is 14.9. The summed E-state index contributed by atoms with van der Waals surface area (Å²) in [5, 5.41) is 11.2. The number of aromatic nitrogens is 3. The number of hydrogen-bond acceptors (Lipinski definition) is 4. The van der Waals surface area contributed by atoms with E-state index in [0.29, 0.717) is 16.5 Å². The lowest BCUT2D eigenvalue weighted by Gasteiger charge is -2.24. The third-order valence-corrected chi connectivity index (χ3v) is 5.62. The van der Waals surface area contributed by atoms with E-state index in [-0.39, 0.29) is 12.0 Å². The van der Waals surface area contributed by atoms with Gasteiger partial charge in [0.05, 0.1) is 0 Å². The number of allylic oxidation sites excluding steroid dienone is 1. The first kappa shape index (κ1) is 20.9. The zero-order valence-corrected chi connectivity index (χ0v) is 18.3. The molecule has 0 fully saturated rings. The van der Waals surface area contributed by atoms with Gasteiger partial charge in [-0.25, -0.2) is 9.07 Å². The highest BCUT2D eigenvalue weighted by Crippen LogP contribution is 2.33. The predicted molar refractivity (Wildman–Crippen MR) is 127 cm³/mol. The highest BCUT2D eigenvalue weighted by Gasteiger charge is 2.26. The Morgan fingerprint density at radius 2 is 1.73 bits per heavy atom. The van der Waals surface area contributed by atoms with Gasteiger partial charge in [0.25, 0.3) is 11.9 Å². The summed E-state index contributed by atoms with van der Waals surface area (Å²) in [5.74, 6) is -0.202. The monoisotopic (exact) mass is 459 g/mol. The first-order chi connectivity index (χ1) is 16.0. The number of hydrogen-bond donors (Lipinski definition) is 2. The van der Waals surface area contributed by atoms with Crippen molar-refractivity contribution in [2.75, 3.05) is 10.6 Å². The molecule has 0 bridgehead atoms. The fourth-order valence-electron chi connectivity index (χ4n) is 3.62. The maximum atomic E-state index is 13.2. The summed E-state index contributed by atoms with van der Waals surface area (Å²) in [6.07, 6.45) is 2.06. The Labute approximate surface area is 194 Å². The minimum absolute atomic E-state index is 0.143. The lowest BCUT2D eigenvalue weighted by Crippen LogP contribution is -2.20. The van der Waals surface area contributed by atoms with Gasteiger partial charge >= 0.3 is 0 Å². The summed E-state index contributed by atoms with van der Waals surface area (Å²) >= 11 is 6.09. The van der Waals surface area contributed by atoms with Crippen LogP contribution < -0.4 is 10.6 Å². The minimum Gasteiger partial charge on any atom is -0.324 e. The Kier molecular flexibility index (Phi) is 5.40. The van der Waals surface area contributed by atoms with Gasteiger partial charge in [0.1, 0.15) is 11.9 Å². The molecule has 1 amide bonds. The lowest BCUT2D eigenvalue weighted by atomic mass is 10.0. The van der Waals surface area contributed by atoms with Gasteiger partial charge < -0.3 is 5.32 Å². The molecule has 0 aliphatic carbocycles. The first-order valence-corrected chi connectivity index (χ1v) is 10.7. The molecule has 0 saturated heterocycles. The van der Waals surface area contributed by atoms with E-state index in [0.717, 1.165) is 16.8 Å². The number of carbonyl (C=O) groups excluding carboxylic acids is 1. The molecule has 33 heavy (non-hydrogen) atoms. The molecule has 1 atom stereocenters. The van der Waals surface area contributed by atoms with Gasteiger partial charge in [0.2, 0.25) is 5.95 Å². The van der Waals surface area contributed by atoms with Gasteiger partial charge in [0.15, 0.2) is 0 Å². The van der Waals surface area contributed by atoms with Crippen LogP contribution in [0.3, 0.4) is 0 Å². The molecule has 0 spiro atoms. The van der Waals surface area contributed by atoms with Crippen LogP contribution in [0.5, 0.6) is 0 Å². The number of anilines is 2. The van der Waals surface area contributed by atoms with Crippen molar-refractivity contribution in [2.24, 2.45) is 0 Å². The molecular formula is C25H19ClFN5O. The predicted octanol–water partition coefficient (Wildman–Crippen LogP) is 5.69. The van der Waals surface area contributed by atoms with E-state index in [2.05, 4.69) is 26.8 Å². The van der Waals surface area contributed by atoms with Crippen LogP contribution in [0.2, 0.25) is 5.02 Å². The number of halogens is 2. The first-order valence-electron chi connectivity index (χ1n) is 10.3. The molecule has 1 aliphatic rings. The molecule has 2 N–H and O–H groups in total.